The summed E-state index contributed by atoms with van der Waals surface area (Å²) in [6.45, 7) is 2.14. The number of alkyl halides is 3. The lowest BCUT2D eigenvalue weighted by atomic mass is 10.1. The number of hydrogen-bond donors (Lipinski definition) is 3. The van der Waals surface area contributed by atoms with Crippen molar-refractivity contribution in [1.29, 1.82) is 0 Å². The predicted molar refractivity (Wildman–Crippen MR) is 71.3 cm³/mol. The van der Waals surface area contributed by atoms with Crippen LogP contribution >= 0.6 is 0 Å². The van der Waals surface area contributed by atoms with Gasteiger partial charge in [0, 0.05) is 20.1 Å². The lowest BCUT2D eigenvalue weighted by Crippen LogP contribution is -2.40. The Hall–Kier alpha value is -1.76. The third kappa shape index (κ3) is 5.48. The number of hydrogen-bond acceptors (Lipinski definition) is 2. The van der Waals surface area contributed by atoms with Crippen molar-refractivity contribution in [3.63, 3.8) is 0 Å². The molecular formula is C13H18F3N3O. The zero-order chi connectivity index (χ0) is 15.2. The van der Waals surface area contributed by atoms with Crippen LogP contribution in [0.3, 0.4) is 0 Å². The molecule has 0 radical (unpaired) electrons. The Labute approximate surface area is 115 Å². The Morgan fingerprint density at radius 2 is 2.05 bits per heavy atom. The van der Waals surface area contributed by atoms with E-state index >= 15 is 0 Å². The molecule has 4 nitrogen and oxygen atoms in total. The van der Waals surface area contributed by atoms with Crippen LogP contribution in [0.1, 0.15) is 18.1 Å². The van der Waals surface area contributed by atoms with Crippen LogP contribution < -0.4 is 10.6 Å². The lowest BCUT2D eigenvalue weighted by Gasteiger charge is -2.14. The first-order valence-electron chi connectivity index (χ1n) is 6.11. The Bertz CT molecular complexity index is 458. The number of aliphatic imine (C=N–C) groups is 1. The smallest absolute Gasteiger partial charge is 0.392 e. The molecule has 0 aliphatic rings. The van der Waals surface area contributed by atoms with E-state index in [2.05, 4.69) is 15.6 Å². The van der Waals surface area contributed by atoms with E-state index in [0.717, 1.165) is 12.1 Å². The third-order valence-corrected chi connectivity index (χ3v) is 2.50. The molecule has 0 bridgehead atoms. The van der Waals surface area contributed by atoms with Crippen molar-refractivity contribution >= 4 is 5.96 Å². The van der Waals surface area contributed by atoms with Crippen LogP contribution in [0.2, 0.25) is 0 Å². The van der Waals surface area contributed by atoms with Gasteiger partial charge in [-0.15, -0.1) is 0 Å². The van der Waals surface area contributed by atoms with Gasteiger partial charge < -0.3 is 15.7 Å². The summed E-state index contributed by atoms with van der Waals surface area (Å²) >= 11 is 0. The van der Waals surface area contributed by atoms with Gasteiger partial charge >= 0.3 is 6.18 Å². The van der Waals surface area contributed by atoms with Gasteiger partial charge in [0.25, 0.3) is 0 Å². The highest BCUT2D eigenvalue weighted by Crippen LogP contribution is 2.29. The number of aliphatic hydroxyl groups is 1. The molecule has 0 fully saturated rings. The molecule has 0 heterocycles. The maximum absolute atomic E-state index is 12.6. The van der Waals surface area contributed by atoms with E-state index in [4.69, 9.17) is 5.11 Å². The van der Waals surface area contributed by atoms with Crippen LogP contribution in [0.4, 0.5) is 13.2 Å². The number of halogens is 3. The summed E-state index contributed by atoms with van der Waals surface area (Å²) in [5.74, 6) is 0.420. The first-order valence-corrected chi connectivity index (χ1v) is 6.11. The standard InChI is InChI=1S/C13H18F3N3O/c1-9(20)7-18-12(17-2)19-8-10-4-3-5-11(6-10)13(14,15)16/h3-6,9,20H,7-8H2,1-2H3,(H2,17,18,19). The van der Waals surface area contributed by atoms with Crippen molar-refractivity contribution in [2.45, 2.75) is 25.7 Å². The first-order chi connectivity index (χ1) is 9.32. The van der Waals surface area contributed by atoms with Gasteiger partial charge in [-0.25, -0.2) is 0 Å². The number of rotatable bonds is 4. The van der Waals surface area contributed by atoms with Gasteiger partial charge in [-0.2, -0.15) is 13.2 Å². The Balaban J connectivity index is 2.61. The highest BCUT2D eigenvalue weighted by atomic mass is 19.4. The molecular weight excluding hydrogens is 271 g/mol. The minimum atomic E-state index is -4.34. The van der Waals surface area contributed by atoms with Crippen molar-refractivity contribution in [3.05, 3.63) is 35.4 Å². The summed E-state index contributed by atoms with van der Waals surface area (Å²) in [6, 6.07) is 5.09. The minimum absolute atomic E-state index is 0.212. The highest BCUT2D eigenvalue weighted by Gasteiger charge is 2.30. The topological polar surface area (TPSA) is 56.7 Å². The molecule has 0 aliphatic carbocycles. The lowest BCUT2D eigenvalue weighted by molar-refractivity contribution is -0.137. The number of guanidine groups is 1. The second-order valence-electron chi connectivity index (χ2n) is 4.35. The van der Waals surface area contributed by atoms with E-state index in [0.29, 0.717) is 18.1 Å². The van der Waals surface area contributed by atoms with Crippen LogP contribution in [0, 0.1) is 0 Å². The summed E-state index contributed by atoms with van der Waals surface area (Å²) < 4.78 is 37.7. The maximum Gasteiger partial charge on any atom is 0.416 e. The van der Waals surface area contributed by atoms with Crippen LogP contribution in [0.5, 0.6) is 0 Å². The minimum Gasteiger partial charge on any atom is -0.392 e. The molecule has 1 rings (SSSR count). The van der Waals surface area contributed by atoms with Crippen LogP contribution in [-0.2, 0) is 12.7 Å². The van der Waals surface area contributed by atoms with E-state index in [-0.39, 0.29) is 6.54 Å². The number of aliphatic hydroxyl groups excluding tert-OH is 1. The normalized spacial score (nSPS) is 14.0. The van der Waals surface area contributed by atoms with Gasteiger partial charge in [-0.3, -0.25) is 4.99 Å². The average molecular weight is 289 g/mol. The Morgan fingerprint density at radius 3 is 2.60 bits per heavy atom. The number of nitrogens with one attached hydrogen (secondary N) is 2. The van der Waals surface area contributed by atoms with Crippen LogP contribution in [0.15, 0.2) is 29.3 Å². The van der Waals surface area contributed by atoms with Gasteiger partial charge in [0.1, 0.15) is 0 Å². The summed E-state index contributed by atoms with van der Waals surface area (Å²) in [5.41, 5.74) is -0.177. The largest absolute Gasteiger partial charge is 0.416 e. The van der Waals surface area contributed by atoms with Gasteiger partial charge in [0.2, 0.25) is 0 Å². The Kier molecular flexibility index (Phi) is 5.82. The second-order valence-corrected chi connectivity index (χ2v) is 4.35. The van der Waals surface area contributed by atoms with E-state index < -0.39 is 17.8 Å². The monoisotopic (exact) mass is 289 g/mol. The molecule has 0 amide bonds. The SMILES string of the molecule is CN=C(NCc1cccc(C(F)(F)F)c1)NCC(C)O. The van der Waals surface area contributed by atoms with E-state index in [1.807, 2.05) is 0 Å². The van der Waals surface area contributed by atoms with E-state index in [9.17, 15) is 13.2 Å². The fraction of sp³-hybridized carbons (Fsp3) is 0.462. The molecule has 1 unspecified atom stereocenters. The molecule has 0 aliphatic heterocycles. The molecule has 3 N–H and O–H groups in total. The highest BCUT2D eigenvalue weighted by molar-refractivity contribution is 5.79. The second kappa shape index (κ2) is 7.14. The fourth-order valence-corrected chi connectivity index (χ4v) is 1.51. The molecule has 20 heavy (non-hydrogen) atoms. The van der Waals surface area contributed by atoms with Gasteiger partial charge in [-0.1, -0.05) is 12.1 Å². The summed E-state index contributed by atoms with van der Waals surface area (Å²) in [5, 5.41) is 14.9. The van der Waals surface area contributed by atoms with Gasteiger partial charge in [0.05, 0.1) is 11.7 Å². The number of benzene rings is 1. The van der Waals surface area contributed by atoms with Crippen LogP contribution in [0.25, 0.3) is 0 Å². The zero-order valence-corrected chi connectivity index (χ0v) is 11.3. The molecule has 0 spiro atoms. The number of nitrogens with zero attached hydrogens (tertiary/aromatic N) is 1. The predicted octanol–water partition coefficient (Wildman–Crippen LogP) is 1.75. The zero-order valence-electron chi connectivity index (χ0n) is 11.3. The van der Waals surface area contributed by atoms with Gasteiger partial charge in [-0.05, 0) is 24.6 Å². The Morgan fingerprint density at radius 1 is 1.35 bits per heavy atom. The van der Waals surface area contributed by atoms with Gasteiger partial charge in [0.15, 0.2) is 5.96 Å². The van der Waals surface area contributed by atoms with Crippen molar-refractivity contribution in [2.24, 2.45) is 4.99 Å². The van der Waals surface area contributed by atoms with E-state index in [1.165, 1.54) is 6.07 Å². The van der Waals surface area contributed by atoms with Crippen molar-refractivity contribution < 1.29 is 18.3 Å². The molecule has 1 aromatic rings. The third-order valence-electron chi connectivity index (χ3n) is 2.50. The fourth-order valence-electron chi connectivity index (χ4n) is 1.51. The van der Waals surface area contributed by atoms with Crippen molar-refractivity contribution in [1.82, 2.24) is 10.6 Å². The average Bonchev–Trinajstić information content (AvgIpc) is 2.38. The first kappa shape index (κ1) is 16.3. The molecule has 0 saturated heterocycles. The molecule has 1 aromatic carbocycles. The molecule has 1 atom stereocenters. The van der Waals surface area contributed by atoms with Crippen molar-refractivity contribution in [3.8, 4) is 0 Å². The van der Waals surface area contributed by atoms with Crippen LogP contribution in [-0.4, -0.2) is 30.8 Å². The summed E-state index contributed by atoms with van der Waals surface area (Å²) in [7, 11) is 1.55. The molecule has 0 aromatic heterocycles. The molecule has 0 saturated carbocycles. The van der Waals surface area contributed by atoms with E-state index in [1.54, 1.807) is 20.0 Å². The quantitative estimate of drug-likeness (QED) is 0.585. The van der Waals surface area contributed by atoms with Crippen molar-refractivity contribution in [2.75, 3.05) is 13.6 Å². The summed E-state index contributed by atoms with van der Waals surface area (Å²) in [4.78, 5) is 3.91. The maximum atomic E-state index is 12.6. The molecule has 112 valence electrons. The summed E-state index contributed by atoms with van der Waals surface area (Å²) in [6.07, 6.45) is -4.88. The molecule has 7 heteroatoms.